The van der Waals surface area contributed by atoms with Crippen LogP contribution in [0.25, 0.3) is 23.2 Å². The van der Waals surface area contributed by atoms with Gasteiger partial charge < -0.3 is 4.57 Å². The van der Waals surface area contributed by atoms with Crippen molar-refractivity contribution in [3.05, 3.63) is 80.9 Å². The molecule has 0 spiro atoms. The Bertz CT molecular complexity index is 1410. The number of thiocarbonyl (C=S) groups is 1. The third-order valence-corrected chi connectivity index (χ3v) is 7.29. The van der Waals surface area contributed by atoms with E-state index >= 15 is 0 Å². The van der Waals surface area contributed by atoms with Gasteiger partial charge in [0.2, 0.25) is 5.82 Å². The van der Waals surface area contributed by atoms with Crippen LogP contribution in [0.2, 0.25) is 0 Å². The Morgan fingerprint density at radius 3 is 2.61 bits per heavy atom. The monoisotopic (exact) mass is 536 g/mol. The standard InChI is InChI=1S/C23H17BrN6OS2/c1-13-10-16(12-20-22(32)30(23(31)33-20)18-8-6-17(24)7-9-18)14(2)29(13)19-5-3-4-15(11-19)21-25-27-28-26-21/h3-12H,1-2H3,(H,25,26,27,28)/b20-12-. The minimum Gasteiger partial charge on any atom is -0.318 e. The summed E-state index contributed by atoms with van der Waals surface area (Å²) in [5.74, 6) is 0.543. The lowest BCUT2D eigenvalue weighted by molar-refractivity contribution is 0.268. The fraction of sp³-hybridized carbons (Fsp3) is 0.0870. The normalized spacial score (nSPS) is 15.1. The number of hydrogen-bond acceptors (Lipinski definition) is 6. The summed E-state index contributed by atoms with van der Waals surface area (Å²) in [5.41, 5.74) is 5.74. The third-order valence-electron chi connectivity index (χ3n) is 5.34. The molecular weight excluding hydrogens is 520 g/mol. The van der Waals surface area contributed by atoms with Crippen LogP contribution in [0.4, 0.5) is 10.5 Å². The Morgan fingerprint density at radius 1 is 1.09 bits per heavy atom. The molecule has 1 aliphatic rings. The molecule has 164 valence electrons. The molecule has 2 aromatic heterocycles. The average Bonchev–Trinajstić information content (AvgIpc) is 3.49. The number of halogens is 1. The molecule has 1 fully saturated rings. The van der Waals surface area contributed by atoms with E-state index in [1.807, 2.05) is 54.6 Å². The number of nitrogens with zero attached hydrogens (tertiary/aromatic N) is 5. The van der Waals surface area contributed by atoms with Crippen LogP contribution in [0, 0.1) is 13.8 Å². The molecule has 1 saturated heterocycles. The van der Waals surface area contributed by atoms with Crippen LogP contribution >= 0.6 is 39.9 Å². The molecule has 0 saturated carbocycles. The van der Waals surface area contributed by atoms with Gasteiger partial charge in [0, 0.05) is 27.1 Å². The molecule has 1 aliphatic heterocycles. The molecule has 0 bridgehead atoms. The maximum Gasteiger partial charge on any atom is 0.296 e. The molecule has 0 radical (unpaired) electrons. The first-order chi connectivity index (χ1) is 15.9. The number of aromatic nitrogens is 5. The van der Waals surface area contributed by atoms with Crippen LogP contribution in [-0.2, 0) is 0 Å². The number of carbonyl (C=O) groups excluding carboxylic acids is 1. The number of tetrazole rings is 1. The topological polar surface area (TPSA) is 79.7 Å². The van der Waals surface area contributed by atoms with Crippen LogP contribution in [-0.4, -0.2) is 35.4 Å². The van der Waals surface area contributed by atoms with E-state index in [0.29, 0.717) is 10.8 Å². The number of carbonyl (C=O) groups is 1. The molecule has 4 aromatic rings. The van der Waals surface area contributed by atoms with Gasteiger partial charge in [0.25, 0.3) is 5.24 Å². The van der Waals surface area contributed by atoms with E-state index in [1.165, 1.54) is 0 Å². The van der Waals surface area contributed by atoms with Crippen molar-refractivity contribution in [3.8, 4) is 17.1 Å². The van der Waals surface area contributed by atoms with Crippen LogP contribution in [0.5, 0.6) is 0 Å². The second-order valence-corrected chi connectivity index (χ2v) is 9.74. The highest BCUT2D eigenvalue weighted by Crippen LogP contribution is 2.38. The minimum absolute atomic E-state index is 0.102. The van der Waals surface area contributed by atoms with Crippen LogP contribution in [0.1, 0.15) is 17.0 Å². The number of aromatic amines is 1. The molecule has 0 unspecified atom stereocenters. The Morgan fingerprint density at radius 2 is 1.88 bits per heavy atom. The largest absolute Gasteiger partial charge is 0.318 e. The second-order valence-electron chi connectivity index (χ2n) is 7.44. The van der Waals surface area contributed by atoms with Crippen molar-refractivity contribution >= 4 is 61.9 Å². The van der Waals surface area contributed by atoms with Gasteiger partial charge in [-0.2, -0.15) is 5.21 Å². The number of rotatable bonds is 4. The summed E-state index contributed by atoms with van der Waals surface area (Å²) in [4.78, 5) is 15.6. The molecule has 7 nitrogen and oxygen atoms in total. The van der Waals surface area contributed by atoms with Gasteiger partial charge in [-0.1, -0.05) is 40.3 Å². The zero-order valence-electron chi connectivity index (χ0n) is 17.6. The van der Waals surface area contributed by atoms with Gasteiger partial charge in [0.1, 0.15) is 4.99 Å². The lowest BCUT2D eigenvalue weighted by atomic mass is 10.2. The SMILES string of the molecule is Cc1cc(/C=C2\SC(=O)N(c3ccc(Br)cc3)C2=S)c(C)n1-c1cccc(-c2nn[nH]n2)c1. The van der Waals surface area contributed by atoms with E-state index in [4.69, 9.17) is 12.2 Å². The van der Waals surface area contributed by atoms with Crippen LogP contribution < -0.4 is 4.90 Å². The zero-order valence-corrected chi connectivity index (χ0v) is 20.8. The first-order valence-corrected chi connectivity index (χ1v) is 12.0. The van der Waals surface area contributed by atoms with Crippen LogP contribution in [0.3, 0.4) is 0 Å². The molecule has 2 aromatic carbocycles. The van der Waals surface area contributed by atoms with E-state index in [1.54, 1.807) is 4.90 Å². The summed E-state index contributed by atoms with van der Waals surface area (Å²) in [6.45, 7) is 4.10. The van der Waals surface area contributed by atoms with Crippen molar-refractivity contribution in [2.75, 3.05) is 4.90 Å². The maximum absolute atomic E-state index is 12.7. The maximum atomic E-state index is 12.7. The zero-order chi connectivity index (χ0) is 23.1. The van der Waals surface area contributed by atoms with Crippen molar-refractivity contribution in [2.45, 2.75) is 13.8 Å². The Hall–Kier alpha value is -3.08. The predicted octanol–water partition coefficient (Wildman–Crippen LogP) is 6.08. The lowest BCUT2D eigenvalue weighted by Crippen LogP contribution is -2.26. The fourth-order valence-electron chi connectivity index (χ4n) is 3.82. The lowest BCUT2D eigenvalue weighted by Gasteiger charge is -2.14. The number of aryl methyl sites for hydroxylation is 1. The summed E-state index contributed by atoms with van der Waals surface area (Å²) in [5, 5.41) is 14.2. The Labute approximate surface area is 208 Å². The van der Waals surface area contributed by atoms with Gasteiger partial charge in [-0.25, -0.2) is 0 Å². The molecule has 33 heavy (non-hydrogen) atoms. The van der Waals surface area contributed by atoms with E-state index in [9.17, 15) is 4.79 Å². The van der Waals surface area contributed by atoms with Gasteiger partial charge >= 0.3 is 0 Å². The first kappa shape index (κ1) is 21.7. The summed E-state index contributed by atoms with van der Waals surface area (Å²) >= 11 is 10.2. The van der Waals surface area contributed by atoms with Crippen LogP contribution in [0.15, 0.2) is 64.0 Å². The molecule has 5 rings (SSSR count). The average molecular weight is 537 g/mol. The molecule has 0 atom stereocenters. The van der Waals surface area contributed by atoms with Crippen molar-refractivity contribution in [1.82, 2.24) is 25.2 Å². The predicted molar refractivity (Wildman–Crippen MR) is 139 cm³/mol. The molecule has 3 heterocycles. The first-order valence-electron chi connectivity index (χ1n) is 9.99. The third kappa shape index (κ3) is 4.05. The molecule has 1 amide bonds. The number of H-pyrrole nitrogens is 1. The number of thioether (sulfide) groups is 1. The van der Waals surface area contributed by atoms with Gasteiger partial charge in [0.05, 0.1) is 10.6 Å². The number of hydrogen-bond donors (Lipinski definition) is 1. The van der Waals surface area contributed by atoms with Gasteiger partial charge in [0.15, 0.2) is 0 Å². The van der Waals surface area contributed by atoms with E-state index in [2.05, 4.69) is 61.0 Å². The minimum atomic E-state index is -0.102. The summed E-state index contributed by atoms with van der Waals surface area (Å²) in [7, 11) is 0. The smallest absolute Gasteiger partial charge is 0.296 e. The molecule has 10 heteroatoms. The van der Waals surface area contributed by atoms with Gasteiger partial charge in [-0.05, 0) is 84.9 Å². The van der Waals surface area contributed by atoms with Crippen molar-refractivity contribution in [3.63, 3.8) is 0 Å². The Balaban J connectivity index is 1.49. The van der Waals surface area contributed by atoms with E-state index in [-0.39, 0.29) is 5.24 Å². The van der Waals surface area contributed by atoms with Gasteiger partial charge in [-0.3, -0.25) is 9.69 Å². The van der Waals surface area contributed by atoms with E-state index < -0.39 is 0 Å². The summed E-state index contributed by atoms with van der Waals surface area (Å²) in [6, 6.07) is 17.6. The highest BCUT2D eigenvalue weighted by Gasteiger charge is 2.33. The van der Waals surface area contributed by atoms with Crippen molar-refractivity contribution < 1.29 is 4.79 Å². The quantitative estimate of drug-likeness (QED) is 0.251. The molecular formula is C23H17BrN6OS2. The number of anilines is 1. The summed E-state index contributed by atoms with van der Waals surface area (Å²) < 4.78 is 3.11. The fourth-order valence-corrected chi connectivity index (χ4v) is 5.36. The number of nitrogens with one attached hydrogen (secondary N) is 1. The Kier molecular flexibility index (Phi) is 5.73. The second kappa shape index (κ2) is 8.69. The highest BCUT2D eigenvalue weighted by atomic mass is 79.9. The van der Waals surface area contributed by atoms with Gasteiger partial charge in [-0.15, -0.1) is 10.2 Å². The number of benzene rings is 2. The van der Waals surface area contributed by atoms with E-state index in [0.717, 1.165) is 55.0 Å². The molecule has 0 aliphatic carbocycles. The molecule has 1 N–H and O–H groups in total. The number of amides is 1. The van der Waals surface area contributed by atoms with Crippen molar-refractivity contribution in [1.29, 1.82) is 0 Å². The highest BCUT2D eigenvalue weighted by molar-refractivity contribution is 9.10. The van der Waals surface area contributed by atoms with Crippen molar-refractivity contribution in [2.24, 2.45) is 0 Å². The summed E-state index contributed by atoms with van der Waals surface area (Å²) in [6.07, 6.45) is 1.99.